The minimum Gasteiger partial charge on any atom is -0.444 e. The molecule has 0 spiro atoms. The third-order valence-electron chi connectivity index (χ3n) is 3.87. The Balaban J connectivity index is 1.91. The molecule has 1 aromatic heterocycles. The second-order valence-electron chi connectivity index (χ2n) is 6.81. The van der Waals surface area contributed by atoms with E-state index in [0.29, 0.717) is 6.42 Å². The van der Waals surface area contributed by atoms with Gasteiger partial charge in [-0.3, -0.25) is 4.79 Å². The van der Waals surface area contributed by atoms with E-state index in [4.69, 9.17) is 4.74 Å². The number of alkyl carbamates (subject to hydrolysis) is 1. The highest BCUT2D eigenvalue weighted by Gasteiger charge is 2.32. The average Bonchev–Trinajstić information content (AvgIpc) is 2.82. The van der Waals surface area contributed by atoms with Gasteiger partial charge in [0.1, 0.15) is 11.6 Å². The van der Waals surface area contributed by atoms with Crippen LogP contribution in [0.4, 0.5) is 10.5 Å². The molecular formula is C17H21N3O3. The van der Waals surface area contributed by atoms with Gasteiger partial charge in [-0.1, -0.05) is 6.07 Å². The zero-order valence-electron chi connectivity index (χ0n) is 13.8. The lowest BCUT2D eigenvalue weighted by molar-refractivity contribution is -0.120. The maximum absolute atomic E-state index is 12.7. The second-order valence-corrected chi connectivity index (χ2v) is 6.81. The molecule has 1 unspecified atom stereocenters. The molecule has 0 fully saturated rings. The molecule has 0 bridgehead atoms. The Morgan fingerprint density at radius 3 is 2.83 bits per heavy atom. The van der Waals surface area contributed by atoms with Gasteiger partial charge in [-0.05, 0) is 38.5 Å². The van der Waals surface area contributed by atoms with E-state index in [1.165, 1.54) is 0 Å². The highest BCUT2D eigenvalue weighted by molar-refractivity contribution is 6.08. The van der Waals surface area contributed by atoms with Gasteiger partial charge in [0.25, 0.3) is 0 Å². The average molecular weight is 315 g/mol. The van der Waals surface area contributed by atoms with E-state index >= 15 is 0 Å². The Bertz CT molecular complexity index is 773. The molecule has 3 rings (SSSR count). The number of carbonyl (C=O) groups is 2. The van der Waals surface area contributed by atoms with E-state index < -0.39 is 17.7 Å². The van der Waals surface area contributed by atoms with Gasteiger partial charge in [-0.15, -0.1) is 0 Å². The summed E-state index contributed by atoms with van der Waals surface area (Å²) in [6, 6.07) is 5.14. The maximum atomic E-state index is 12.7. The molecule has 1 aromatic carbocycles. The van der Waals surface area contributed by atoms with Crippen LogP contribution in [-0.2, 0) is 16.0 Å². The van der Waals surface area contributed by atoms with Crippen LogP contribution in [0.2, 0.25) is 0 Å². The van der Waals surface area contributed by atoms with E-state index in [-0.39, 0.29) is 5.91 Å². The van der Waals surface area contributed by atoms with Crippen molar-refractivity contribution in [2.75, 3.05) is 11.9 Å². The molecule has 0 saturated carbocycles. The lowest BCUT2D eigenvalue weighted by Crippen LogP contribution is -2.49. The van der Waals surface area contributed by atoms with Crippen LogP contribution >= 0.6 is 0 Å². The van der Waals surface area contributed by atoms with Crippen molar-refractivity contribution in [3.8, 4) is 0 Å². The van der Waals surface area contributed by atoms with Crippen LogP contribution < -0.4 is 10.2 Å². The van der Waals surface area contributed by atoms with Gasteiger partial charge >= 0.3 is 6.09 Å². The van der Waals surface area contributed by atoms with E-state index in [9.17, 15) is 9.59 Å². The predicted molar refractivity (Wildman–Crippen MR) is 88.6 cm³/mol. The highest BCUT2D eigenvalue weighted by atomic mass is 16.6. The topological polar surface area (TPSA) is 74.4 Å². The Hall–Kier alpha value is -2.50. The number of hydrogen-bond acceptors (Lipinski definition) is 3. The molecule has 2 amide bonds. The third kappa shape index (κ3) is 2.88. The summed E-state index contributed by atoms with van der Waals surface area (Å²) in [4.78, 5) is 29.5. The molecule has 2 heterocycles. The number of rotatable bonds is 1. The molecule has 23 heavy (non-hydrogen) atoms. The molecule has 6 nitrogen and oxygen atoms in total. The summed E-state index contributed by atoms with van der Waals surface area (Å²) in [7, 11) is 1.73. The van der Waals surface area contributed by atoms with Gasteiger partial charge in [-0.25, -0.2) is 4.79 Å². The minimum absolute atomic E-state index is 0.153. The molecule has 2 aromatic rings. The van der Waals surface area contributed by atoms with Crippen LogP contribution in [0.1, 0.15) is 26.3 Å². The number of carbonyl (C=O) groups excluding carboxylic acids is 2. The summed E-state index contributed by atoms with van der Waals surface area (Å²) in [5.74, 6) is -0.153. The molecule has 1 aliphatic heterocycles. The predicted octanol–water partition coefficient (Wildman–Crippen LogP) is 2.58. The van der Waals surface area contributed by atoms with E-state index in [1.54, 1.807) is 32.7 Å². The van der Waals surface area contributed by atoms with Crippen molar-refractivity contribution >= 4 is 28.6 Å². The minimum atomic E-state index is -0.652. The number of nitrogens with zero attached hydrogens (tertiary/aromatic N) is 1. The fraction of sp³-hybridized carbons (Fsp3) is 0.412. The number of H-pyrrole nitrogens is 1. The third-order valence-corrected chi connectivity index (χ3v) is 3.87. The van der Waals surface area contributed by atoms with Gasteiger partial charge in [0, 0.05) is 30.6 Å². The number of amides is 2. The van der Waals surface area contributed by atoms with Crippen LogP contribution in [0, 0.1) is 0 Å². The van der Waals surface area contributed by atoms with Gasteiger partial charge < -0.3 is 19.9 Å². The van der Waals surface area contributed by atoms with Crippen LogP contribution in [0.15, 0.2) is 24.4 Å². The number of anilines is 1. The quantitative estimate of drug-likeness (QED) is 0.849. The van der Waals surface area contributed by atoms with Crippen molar-refractivity contribution in [1.29, 1.82) is 0 Å². The number of aromatic amines is 1. The Kier molecular flexibility index (Phi) is 3.55. The number of hydrogen-bond donors (Lipinski definition) is 2. The van der Waals surface area contributed by atoms with Crippen molar-refractivity contribution in [2.45, 2.75) is 38.8 Å². The lowest BCUT2D eigenvalue weighted by Gasteiger charge is -2.24. The largest absolute Gasteiger partial charge is 0.444 e. The first-order valence-corrected chi connectivity index (χ1v) is 7.62. The standard InChI is InChI=1S/C17H21N3O3/c1-17(2,3)23-16(22)19-12-8-10-9-18-11-6-5-7-13(14(10)11)20(4)15(12)21/h5-7,9,12,18H,8H2,1-4H3,(H,19,22). The first-order chi connectivity index (χ1) is 10.8. The Labute approximate surface area is 134 Å². The van der Waals surface area contributed by atoms with Gasteiger partial charge in [-0.2, -0.15) is 0 Å². The zero-order chi connectivity index (χ0) is 16.8. The van der Waals surface area contributed by atoms with Crippen LogP contribution in [0.3, 0.4) is 0 Å². The van der Waals surface area contributed by atoms with Gasteiger partial charge in [0.2, 0.25) is 5.91 Å². The summed E-state index contributed by atoms with van der Waals surface area (Å²) >= 11 is 0. The van der Waals surface area contributed by atoms with Crippen molar-refractivity contribution in [1.82, 2.24) is 10.3 Å². The van der Waals surface area contributed by atoms with E-state index in [0.717, 1.165) is 22.2 Å². The smallest absolute Gasteiger partial charge is 0.408 e. The first kappa shape index (κ1) is 15.4. The molecule has 2 N–H and O–H groups in total. The summed E-state index contributed by atoms with van der Waals surface area (Å²) in [6.45, 7) is 5.37. The summed E-state index contributed by atoms with van der Waals surface area (Å²) in [6.07, 6.45) is 1.74. The van der Waals surface area contributed by atoms with Crippen molar-refractivity contribution in [3.63, 3.8) is 0 Å². The first-order valence-electron chi connectivity index (χ1n) is 7.62. The normalized spacial score (nSPS) is 18.0. The van der Waals surface area contributed by atoms with Gasteiger partial charge in [0.15, 0.2) is 0 Å². The highest BCUT2D eigenvalue weighted by Crippen LogP contribution is 2.33. The van der Waals surface area contributed by atoms with Gasteiger partial charge in [0.05, 0.1) is 5.69 Å². The zero-order valence-corrected chi connectivity index (χ0v) is 13.8. The van der Waals surface area contributed by atoms with Crippen molar-refractivity contribution < 1.29 is 14.3 Å². The fourth-order valence-corrected chi connectivity index (χ4v) is 2.90. The molecule has 0 radical (unpaired) electrons. The number of ether oxygens (including phenoxy) is 1. The van der Waals surface area contributed by atoms with Crippen molar-refractivity contribution in [2.24, 2.45) is 0 Å². The lowest BCUT2D eigenvalue weighted by atomic mass is 10.1. The maximum Gasteiger partial charge on any atom is 0.408 e. The second kappa shape index (κ2) is 5.30. The Morgan fingerprint density at radius 2 is 2.13 bits per heavy atom. The SMILES string of the molecule is CN1C(=O)C(NC(=O)OC(C)(C)C)Cc2c[nH]c3cccc1c23. The number of likely N-dealkylation sites (N-methyl/N-ethyl adjacent to an activating group) is 1. The molecular weight excluding hydrogens is 294 g/mol. The summed E-state index contributed by atoms with van der Waals surface area (Å²) in [5.41, 5.74) is 2.23. The molecule has 0 aliphatic carbocycles. The van der Waals surface area contributed by atoms with E-state index in [1.807, 2.05) is 24.4 Å². The summed E-state index contributed by atoms with van der Waals surface area (Å²) in [5, 5.41) is 3.72. The van der Waals surface area contributed by atoms with Crippen molar-refractivity contribution in [3.05, 3.63) is 30.0 Å². The summed E-state index contributed by atoms with van der Waals surface area (Å²) < 4.78 is 5.27. The van der Waals surface area contributed by atoms with E-state index in [2.05, 4.69) is 10.3 Å². The number of benzene rings is 1. The molecule has 122 valence electrons. The fourth-order valence-electron chi connectivity index (χ4n) is 2.90. The molecule has 0 saturated heterocycles. The monoisotopic (exact) mass is 315 g/mol. The number of nitrogens with one attached hydrogen (secondary N) is 2. The van der Waals surface area contributed by atoms with Crippen LogP contribution in [-0.4, -0.2) is 35.7 Å². The van der Waals surface area contributed by atoms with Crippen LogP contribution in [0.25, 0.3) is 10.9 Å². The molecule has 6 heteroatoms. The Morgan fingerprint density at radius 1 is 1.39 bits per heavy atom. The number of aromatic nitrogens is 1. The molecule has 1 atom stereocenters. The van der Waals surface area contributed by atoms with Crippen LogP contribution in [0.5, 0.6) is 0 Å². The molecule has 1 aliphatic rings.